The van der Waals surface area contributed by atoms with Crippen molar-refractivity contribution in [2.75, 3.05) is 20.3 Å². The summed E-state index contributed by atoms with van der Waals surface area (Å²) in [6.45, 7) is 6.61. The summed E-state index contributed by atoms with van der Waals surface area (Å²) in [4.78, 5) is 15.5. The number of benzene rings is 1. The first-order valence-electron chi connectivity index (χ1n) is 11.5. The lowest BCUT2D eigenvalue weighted by Gasteiger charge is -2.33. The van der Waals surface area contributed by atoms with Gasteiger partial charge in [-0.1, -0.05) is 18.2 Å². The number of amides is 1. The number of aryl methyl sites for hydroxylation is 2. The van der Waals surface area contributed by atoms with E-state index in [0.717, 1.165) is 69.2 Å². The van der Waals surface area contributed by atoms with Gasteiger partial charge in [0.2, 0.25) is 0 Å². The van der Waals surface area contributed by atoms with E-state index < -0.39 is 0 Å². The maximum atomic E-state index is 13.4. The highest BCUT2D eigenvalue weighted by Gasteiger charge is 2.41. The molecule has 1 aliphatic carbocycles. The lowest BCUT2D eigenvalue weighted by Crippen LogP contribution is -2.44. The van der Waals surface area contributed by atoms with Crippen LogP contribution >= 0.6 is 0 Å². The standard InChI is InChI=1S/C24H35N3O3/c1-17-9-8-10-20-22(25-26(23(17)20)14-5-7-15-29-3)18(2)27(19-12-13-19)24(28)21-11-4-6-16-30-21/h8-10,18-19,21H,4-7,11-16H2,1-3H3/t18-,21+/m0/s1. The Morgan fingerprint density at radius 3 is 2.83 bits per heavy atom. The first kappa shape index (κ1) is 21.3. The molecule has 0 N–H and O–H groups in total. The summed E-state index contributed by atoms with van der Waals surface area (Å²) in [7, 11) is 1.74. The molecule has 164 valence electrons. The number of rotatable bonds is 9. The highest BCUT2D eigenvalue weighted by molar-refractivity contribution is 5.87. The van der Waals surface area contributed by atoms with E-state index in [-0.39, 0.29) is 18.1 Å². The van der Waals surface area contributed by atoms with Crippen LogP contribution in [-0.4, -0.2) is 53.1 Å². The first-order chi connectivity index (χ1) is 14.6. The highest BCUT2D eigenvalue weighted by Crippen LogP contribution is 2.38. The number of nitrogens with zero attached hydrogens (tertiary/aromatic N) is 3. The molecule has 1 saturated carbocycles. The lowest BCUT2D eigenvalue weighted by molar-refractivity contribution is -0.149. The molecular formula is C24H35N3O3. The van der Waals surface area contributed by atoms with Crippen molar-refractivity contribution in [1.29, 1.82) is 0 Å². The molecule has 6 nitrogen and oxygen atoms in total. The molecule has 0 bridgehead atoms. The molecule has 2 fully saturated rings. The topological polar surface area (TPSA) is 56.6 Å². The van der Waals surface area contributed by atoms with Gasteiger partial charge >= 0.3 is 0 Å². The summed E-state index contributed by atoms with van der Waals surface area (Å²) < 4.78 is 13.2. The Bertz CT molecular complexity index is 868. The average molecular weight is 414 g/mol. The zero-order valence-corrected chi connectivity index (χ0v) is 18.6. The SMILES string of the molecule is COCCCCn1nc([C@H](C)N(C(=O)[C@H]2CCCCO2)C2CC2)c2cccc(C)c21. The van der Waals surface area contributed by atoms with Crippen LogP contribution in [0.2, 0.25) is 0 Å². The van der Waals surface area contributed by atoms with Gasteiger partial charge in [-0.05, 0) is 64.4 Å². The van der Waals surface area contributed by atoms with Crippen LogP contribution in [0.4, 0.5) is 0 Å². The van der Waals surface area contributed by atoms with E-state index in [9.17, 15) is 4.79 Å². The molecule has 1 aliphatic heterocycles. The molecule has 2 aromatic rings. The number of carbonyl (C=O) groups excluding carboxylic acids is 1. The van der Waals surface area contributed by atoms with Crippen molar-refractivity contribution in [2.45, 2.75) is 83.5 Å². The predicted molar refractivity (Wildman–Crippen MR) is 117 cm³/mol. The van der Waals surface area contributed by atoms with E-state index in [0.29, 0.717) is 12.6 Å². The molecule has 2 heterocycles. The Hall–Kier alpha value is -1.92. The van der Waals surface area contributed by atoms with E-state index in [1.165, 1.54) is 11.1 Å². The predicted octanol–water partition coefficient (Wildman–Crippen LogP) is 4.39. The summed E-state index contributed by atoms with van der Waals surface area (Å²) in [5.74, 6) is 0.153. The van der Waals surface area contributed by atoms with Crippen LogP contribution in [0, 0.1) is 6.92 Å². The number of hydrogen-bond donors (Lipinski definition) is 0. The minimum absolute atomic E-state index is 0.0555. The monoisotopic (exact) mass is 413 g/mol. The molecule has 4 rings (SSSR count). The van der Waals surface area contributed by atoms with Crippen molar-refractivity contribution in [1.82, 2.24) is 14.7 Å². The van der Waals surface area contributed by atoms with Gasteiger partial charge in [0.25, 0.3) is 5.91 Å². The minimum Gasteiger partial charge on any atom is -0.385 e. The smallest absolute Gasteiger partial charge is 0.252 e. The number of methoxy groups -OCH3 is 1. The van der Waals surface area contributed by atoms with Crippen molar-refractivity contribution < 1.29 is 14.3 Å². The molecule has 1 aromatic heterocycles. The van der Waals surface area contributed by atoms with Crippen LogP contribution in [0.15, 0.2) is 18.2 Å². The molecule has 1 amide bonds. The molecule has 30 heavy (non-hydrogen) atoms. The van der Waals surface area contributed by atoms with Gasteiger partial charge in [-0.3, -0.25) is 9.48 Å². The number of fused-ring (bicyclic) bond motifs is 1. The van der Waals surface area contributed by atoms with Crippen molar-refractivity contribution in [2.24, 2.45) is 0 Å². The van der Waals surface area contributed by atoms with Gasteiger partial charge in [-0.25, -0.2) is 0 Å². The third-order valence-corrected chi connectivity index (χ3v) is 6.43. The lowest BCUT2D eigenvalue weighted by atomic mass is 10.0. The normalized spacial score (nSPS) is 20.4. The second-order valence-corrected chi connectivity index (χ2v) is 8.79. The van der Waals surface area contributed by atoms with E-state index in [4.69, 9.17) is 14.6 Å². The molecule has 0 unspecified atom stereocenters. The summed E-state index contributed by atoms with van der Waals surface area (Å²) in [5, 5.41) is 6.21. The van der Waals surface area contributed by atoms with Crippen LogP contribution in [-0.2, 0) is 20.8 Å². The third kappa shape index (κ3) is 4.40. The summed E-state index contributed by atoms with van der Waals surface area (Å²) >= 11 is 0. The van der Waals surface area contributed by atoms with Crippen molar-refractivity contribution >= 4 is 16.8 Å². The number of carbonyl (C=O) groups is 1. The van der Waals surface area contributed by atoms with E-state index in [2.05, 4.69) is 41.6 Å². The Morgan fingerprint density at radius 2 is 2.13 bits per heavy atom. The fraction of sp³-hybridized carbons (Fsp3) is 0.667. The van der Waals surface area contributed by atoms with E-state index >= 15 is 0 Å². The third-order valence-electron chi connectivity index (χ3n) is 6.43. The largest absolute Gasteiger partial charge is 0.385 e. The summed E-state index contributed by atoms with van der Waals surface area (Å²) in [6, 6.07) is 6.66. The molecule has 2 atom stereocenters. The van der Waals surface area contributed by atoms with Crippen LogP contribution in [0.5, 0.6) is 0 Å². The number of ether oxygens (including phenoxy) is 2. The molecule has 0 radical (unpaired) electrons. The van der Waals surface area contributed by atoms with Gasteiger partial charge < -0.3 is 14.4 Å². The van der Waals surface area contributed by atoms with Gasteiger partial charge in [0.15, 0.2) is 0 Å². The fourth-order valence-corrected chi connectivity index (χ4v) is 4.69. The molecule has 1 aromatic carbocycles. The molecular weight excluding hydrogens is 378 g/mol. The van der Waals surface area contributed by atoms with Crippen LogP contribution < -0.4 is 0 Å². The second kappa shape index (κ2) is 9.48. The molecule has 2 aliphatic rings. The van der Waals surface area contributed by atoms with Crippen molar-refractivity contribution in [3.05, 3.63) is 29.5 Å². The van der Waals surface area contributed by atoms with Crippen LogP contribution in [0.1, 0.15) is 69.2 Å². The number of aromatic nitrogens is 2. The van der Waals surface area contributed by atoms with Crippen LogP contribution in [0.25, 0.3) is 10.9 Å². The van der Waals surface area contributed by atoms with Crippen LogP contribution in [0.3, 0.4) is 0 Å². The number of unbranched alkanes of at least 4 members (excludes halogenated alkanes) is 1. The van der Waals surface area contributed by atoms with Gasteiger partial charge in [0, 0.05) is 38.3 Å². The molecule has 1 saturated heterocycles. The van der Waals surface area contributed by atoms with E-state index in [1.54, 1.807) is 7.11 Å². The maximum absolute atomic E-state index is 13.4. The fourth-order valence-electron chi connectivity index (χ4n) is 4.69. The van der Waals surface area contributed by atoms with Crippen molar-refractivity contribution in [3.8, 4) is 0 Å². The average Bonchev–Trinajstić information content (AvgIpc) is 3.52. The quantitative estimate of drug-likeness (QED) is 0.572. The zero-order valence-electron chi connectivity index (χ0n) is 18.6. The van der Waals surface area contributed by atoms with Gasteiger partial charge in [-0.15, -0.1) is 0 Å². The maximum Gasteiger partial charge on any atom is 0.252 e. The Labute approximate surface area is 179 Å². The van der Waals surface area contributed by atoms with E-state index in [1.807, 2.05) is 0 Å². The van der Waals surface area contributed by atoms with Crippen molar-refractivity contribution in [3.63, 3.8) is 0 Å². The van der Waals surface area contributed by atoms with Gasteiger partial charge in [0.1, 0.15) is 6.10 Å². The Balaban J connectivity index is 1.63. The van der Waals surface area contributed by atoms with Gasteiger partial charge in [0.05, 0.1) is 17.3 Å². The zero-order chi connectivity index (χ0) is 21.1. The Morgan fingerprint density at radius 1 is 1.30 bits per heavy atom. The Kier molecular flexibility index (Phi) is 6.74. The summed E-state index contributed by atoms with van der Waals surface area (Å²) in [6.07, 6.45) is 6.87. The number of hydrogen-bond acceptors (Lipinski definition) is 4. The number of para-hydroxylation sites is 1. The molecule has 6 heteroatoms. The first-order valence-corrected chi connectivity index (χ1v) is 11.5. The van der Waals surface area contributed by atoms with Gasteiger partial charge in [-0.2, -0.15) is 5.10 Å². The highest BCUT2D eigenvalue weighted by atomic mass is 16.5. The summed E-state index contributed by atoms with van der Waals surface area (Å²) in [5.41, 5.74) is 3.43. The minimum atomic E-state index is -0.286. The molecule has 0 spiro atoms. The second-order valence-electron chi connectivity index (χ2n) is 8.79.